The number of nitrogens with one attached hydrogen (secondary N) is 2. The van der Waals surface area contributed by atoms with Crippen LogP contribution in [0.1, 0.15) is 1.43 Å². The van der Waals surface area contributed by atoms with E-state index in [1.165, 1.54) is 0 Å². The van der Waals surface area contributed by atoms with Gasteiger partial charge in [0.05, 0.1) is 0 Å². The summed E-state index contributed by atoms with van der Waals surface area (Å²) in [5.74, 6) is 8.24. The first-order valence-electron chi connectivity index (χ1n) is 2.40. The van der Waals surface area contributed by atoms with Crippen LogP contribution < -0.4 is 73.9 Å². The Balaban J connectivity index is -0.000000405. The predicted molar refractivity (Wildman–Crippen MR) is 34.9 cm³/mol. The Labute approximate surface area is 108 Å². The molecule has 0 heterocycles. The minimum Gasteiger partial charge on any atom is -1.00 e. The minimum atomic E-state index is -0.566. The van der Waals surface area contributed by atoms with E-state index < -0.39 is 11.8 Å². The zero-order valence-corrected chi connectivity index (χ0v) is 9.25. The minimum absolute atomic E-state index is 0. The molecule has 0 aliphatic heterocycles. The summed E-state index contributed by atoms with van der Waals surface area (Å²) >= 11 is 0. The number of nitrogens with two attached hydrogens (primary N) is 2. The van der Waals surface area contributed by atoms with Gasteiger partial charge in [0.1, 0.15) is 0 Å². The van der Waals surface area contributed by atoms with Crippen molar-refractivity contribution in [3.05, 3.63) is 12.2 Å². The van der Waals surface area contributed by atoms with Gasteiger partial charge in [-0.1, -0.05) is 0 Å². The number of carbonyl (C=O) groups is 2. The van der Waals surface area contributed by atoms with Crippen molar-refractivity contribution in [2.24, 2.45) is 11.7 Å². The molecule has 0 aromatic heterocycles. The van der Waals surface area contributed by atoms with Crippen molar-refractivity contribution < 1.29 is 62.4 Å². The fourth-order valence-corrected chi connectivity index (χ4v) is 0.248. The molecule has 0 aliphatic rings. The van der Waals surface area contributed by atoms with E-state index in [9.17, 15) is 9.59 Å². The normalized spacial score (nSPS) is 8.55. The molecule has 0 unspecified atom stereocenters. The van der Waals surface area contributed by atoms with Gasteiger partial charge in [-0.25, -0.2) is 11.7 Å². The smallest absolute Gasteiger partial charge is 1.00 e. The van der Waals surface area contributed by atoms with Crippen LogP contribution in [0.2, 0.25) is 0 Å². The Morgan fingerprint density at radius 2 is 1.36 bits per heavy atom. The molecular weight excluding hydrogens is 175 g/mol. The van der Waals surface area contributed by atoms with Crippen molar-refractivity contribution in [2.45, 2.75) is 0 Å². The van der Waals surface area contributed by atoms with E-state index in [1.54, 1.807) is 10.9 Å². The SMILES string of the molecule is NNC(=O)/C=C\C(=O)NN.[H-].[K+]. The second-order valence-electron chi connectivity index (χ2n) is 1.35. The van der Waals surface area contributed by atoms with Crippen molar-refractivity contribution in [2.75, 3.05) is 0 Å². The van der Waals surface area contributed by atoms with Crippen LogP contribution in [-0.2, 0) is 9.59 Å². The molecule has 7 heteroatoms. The second-order valence-corrected chi connectivity index (χ2v) is 1.35. The molecule has 2 amide bonds. The molecule has 6 N–H and O–H groups in total. The van der Waals surface area contributed by atoms with Gasteiger partial charge in [0.15, 0.2) is 0 Å². The van der Waals surface area contributed by atoms with Gasteiger partial charge < -0.3 is 1.43 Å². The Bertz CT molecular complexity index is 156. The van der Waals surface area contributed by atoms with Crippen LogP contribution in [0.3, 0.4) is 0 Å². The average molecular weight is 184 g/mol. The van der Waals surface area contributed by atoms with Crippen molar-refractivity contribution >= 4 is 11.8 Å². The molecule has 0 fully saturated rings. The second kappa shape index (κ2) is 8.33. The number of rotatable bonds is 2. The van der Waals surface area contributed by atoms with Crippen molar-refractivity contribution in [1.82, 2.24) is 10.9 Å². The molecule has 58 valence electrons. The molecule has 0 atom stereocenters. The quantitative estimate of drug-likeness (QED) is 0.113. The van der Waals surface area contributed by atoms with Gasteiger partial charge in [-0.15, -0.1) is 0 Å². The van der Waals surface area contributed by atoms with Crippen molar-refractivity contribution in [3.63, 3.8) is 0 Å². The maximum Gasteiger partial charge on any atom is 1.00 e. The number of carbonyl (C=O) groups excluding carboxylic acids is 2. The maximum absolute atomic E-state index is 10.3. The van der Waals surface area contributed by atoms with Crippen LogP contribution >= 0.6 is 0 Å². The van der Waals surface area contributed by atoms with Crippen LogP contribution in [0.25, 0.3) is 0 Å². The molecule has 0 saturated carbocycles. The van der Waals surface area contributed by atoms with Crippen LogP contribution in [0, 0.1) is 0 Å². The molecule has 0 aromatic rings. The summed E-state index contributed by atoms with van der Waals surface area (Å²) in [4.78, 5) is 20.6. The van der Waals surface area contributed by atoms with Gasteiger partial charge in [0.25, 0.3) is 11.8 Å². The molecule has 0 aliphatic carbocycles. The van der Waals surface area contributed by atoms with Crippen LogP contribution in [0.15, 0.2) is 12.2 Å². The van der Waals surface area contributed by atoms with Gasteiger partial charge in [0.2, 0.25) is 0 Å². The van der Waals surface area contributed by atoms with E-state index in [1.807, 2.05) is 0 Å². The van der Waals surface area contributed by atoms with Gasteiger partial charge in [0, 0.05) is 12.2 Å². The Morgan fingerprint density at radius 3 is 1.55 bits per heavy atom. The fraction of sp³-hybridized carbons (Fsp3) is 0. The van der Waals surface area contributed by atoms with Gasteiger partial charge in [-0.05, 0) is 0 Å². The van der Waals surface area contributed by atoms with Crippen molar-refractivity contribution in [1.29, 1.82) is 0 Å². The standard InChI is InChI=1S/C4H8N4O2.K.H/c5-7-3(9)1-2-4(10)8-6;;/h1-2H,5-6H2,(H,7,9)(H,8,10);;/q;+1;-1/b2-1-;;. The Hall–Kier alpha value is 0.236. The van der Waals surface area contributed by atoms with E-state index in [-0.39, 0.29) is 52.8 Å². The largest absolute Gasteiger partial charge is 1.00 e. The summed E-state index contributed by atoms with van der Waals surface area (Å²) in [6, 6.07) is 0. The van der Waals surface area contributed by atoms with Gasteiger partial charge in [-0.2, -0.15) is 0 Å². The number of hydrogen-bond acceptors (Lipinski definition) is 4. The number of hydrazine groups is 2. The average Bonchev–Trinajstić information content (AvgIpc) is 1.99. The summed E-state index contributed by atoms with van der Waals surface area (Å²) in [5.41, 5.74) is 3.60. The van der Waals surface area contributed by atoms with E-state index >= 15 is 0 Å². The monoisotopic (exact) mass is 184 g/mol. The first-order chi connectivity index (χ1) is 4.70. The van der Waals surface area contributed by atoms with E-state index in [4.69, 9.17) is 0 Å². The molecule has 0 aromatic carbocycles. The zero-order chi connectivity index (χ0) is 7.98. The predicted octanol–water partition coefficient (Wildman–Crippen LogP) is -5.36. The fourth-order valence-electron chi connectivity index (χ4n) is 0.248. The van der Waals surface area contributed by atoms with E-state index in [0.717, 1.165) is 12.2 Å². The van der Waals surface area contributed by atoms with Gasteiger partial charge >= 0.3 is 51.4 Å². The molecule has 0 saturated heterocycles. The third-order valence-corrected chi connectivity index (χ3v) is 0.671. The zero-order valence-electron chi connectivity index (χ0n) is 7.13. The maximum atomic E-state index is 10.3. The summed E-state index contributed by atoms with van der Waals surface area (Å²) < 4.78 is 0. The molecule has 0 spiro atoms. The third-order valence-electron chi connectivity index (χ3n) is 0.671. The van der Waals surface area contributed by atoms with Gasteiger partial charge in [-0.3, -0.25) is 20.4 Å². The van der Waals surface area contributed by atoms with E-state index in [2.05, 4.69) is 11.7 Å². The molecule has 0 bridgehead atoms. The molecule has 0 rings (SSSR count). The molecular formula is C4H9KN4O2. The molecule has 11 heavy (non-hydrogen) atoms. The molecule has 6 nitrogen and oxygen atoms in total. The molecule has 0 radical (unpaired) electrons. The summed E-state index contributed by atoms with van der Waals surface area (Å²) in [5, 5.41) is 0. The summed E-state index contributed by atoms with van der Waals surface area (Å²) in [6.45, 7) is 0. The first-order valence-corrected chi connectivity index (χ1v) is 2.40. The number of amides is 2. The first kappa shape index (κ1) is 13.8. The Morgan fingerprint density at radius 1 is 1.09 bits per heavy atom. The third kappa shape index (κ3) is 8.14. The van der Waals surface area contributed by atoms with Crippen LogP contribution in [-0.4, -0.2) is 11.8 Å². The van der Waals surface area contributed by atoms with Crippen LogP contribution in [0.4, 0.5) is 0 Å². The topological polar surface area (TPSA) is 110 Å². The van der Waals surface area contributed by atoms with E-state index in [0.29, 0.717) is 0 Å². The van der Waals surface area contributed by atoms with Crippen LogP contribution in [0.5, 0.6) is 0 Å². The van der Waals surface area contributed by atoms with Crippen molar-refractivity contribution in [3.8, 4) is 0 Å². The number of hydrogen-bond donors (Lipinski definition) is 4. The summed E-state index contributed by atoms with van der Waals surface area (Å²) in [6.07, 6.45) is 1.92. The summed E-state index contributed by atoms with van der Waals surface area (Å²) in [7, 11) is 0. The Kier molecular flexibility index (Phi) is 10.5.